The molecule has 0 fully saturated rings. The van der Waals surface area contributed by atoms with Crippen LogP contribution < -0.4 is 5.32 Å². The number of aromatic hydroxyl groups is 2. The lowest BCUT2D eigenvalue weighted by Crippen LogP contribution is -2.35. The Morgan fingerprint density at radius 2 is 1.38 bits per heavy atom. The van der Waals surface area contributed by atoms with Crippen LogP contribution in [0, 0.1) is 13.8 Å². The van der Waals surface area contributed by atoms with Crippen LogP contribution in [0.25, 0.3) is 28.3 Å². The molecule has 0 radical (unpaired) electrons. The SMILES string of the molecule is Cc1ccc(-c2cccc(-c3cccc(Br)n3)n2)c(O)c1.Cc1ccc(C2(Br)C=CC=C(c3ccccn3)N2)c(O)c1. The second kappa shape index (κ2) is 12.7. The maximum absolute atomic E-state index is 10.2. The van der Waals surface area contributed by atoms with Crippen LogP contribution in [0.3, 0.4) is 0 Å². The van der Waals surface area contributed by atoms with Crippen LogP contribution in [-0.4, -0.2) is 25.2 Å². The molecule has 6 rings (SSSR count). The van der Waals surface area contributed by atoms with Gasteiger partial charge in [0.1, 0.15) is 20.6 Å². The number of aryl methyl sites for hydroxylation is 2. The summed E-state index contributed by atoms with van der Waals surface area (Å²) >= 11 is 7.05. The summed E-state index contributed by atoms with van der Waals surface area (Å²) in [6.45, 7) is 3.90. The Bertz CT molecular complexity index is 1790. The number of halogens is 2. The fourth-order valence-electron chi connectivity index (χ4n) is 4.47. The number of alkyl halides is 1. The molecular formula is C34H28Br2N4O2. The van der Waals surface area contributed by atoms with Crippen LogP contribution in [0.5, 0.6) is 11.5 Å². The summed E-state index contributed by atoms with van der Waals surface area (Å²) in [6.07, 6.45) is 7.64. The number of phenolic OH excluding ortho intramolecular Hbond substituents is 2. The molecule has 4 heterocycles. The van der Waals surface area contributed by atoms with Gasteiger partial charge in [-0.2, -0.15) is 0 Å². The predicted molar refractivity (Wildman–Crippen MR) is 175 cm³/mol. The van der Waals surface area contributed by atoms with E-state index < -0.39 is 4.45 Å². The Hall–Kier alpha value is -4.27. The maximum atomic E-state index is 10.2. The fraction of sp³-hybridized carbons (Fsp3) is 0.0882. The highest BCUT2D eigenvalue weighted by atomic mass is 79.9. The third-order valence-corrected chi connectivity index (χ3v) is 7.88. The van der Waals surface area contributed by atoms with Gasteiger partial charge in [0.15, 0.2) is 0 Å². The Morgan fingerprint density at radius 3 is 2.07 bits per heavy atom. The molecule has 0 bridgehead atoms. The topological polar surface area (TPSA) is 91.2 Å². The van der Waals surface area contributed by atoms with Crippen molar-refractivity contribution in [3.63, 3.8) is 0 Å². The first-order valence-electron chi connectivity index (χ1n) is 13.2. The smallest absolute Gasteiger partial charge is 0.141 e. The standard InChI is InChI=1S/C17H13BrN2O.C17H15BrN2O/c1-11-8-9-12(16(21)10-11)13-4-2-5-14(19-13)15-6-3-7-17(18)20-15;1-12-7-8-13(16(21)11-12)17(18)9-4-6-15(20-17)14-5-2-3-10-19-14/h2-10,21H,1H3;2-11,20-21H,1H3. The summed E-state index contributed by atoms with van der Waals surface area (Å²) in [5.41, 5.74) is 7.57. The second-order valence-electron chi connectivity index (χ2n) is 9.79. The summed E-state index contributed by atoms with van der Waals surface area (Å²) in [5.74, 6) is 0.494. The zero-order valence-corrected chi connectivity index (χ0v) is 26.1. The number of allylic oxidation sites excluding steroid dienone is 2. The number of rotatable bonds is 4. The Labute approximate surface area is 261 Å². The Balaban J connectivity index is 0.000000168. The van der Waals surface area contributed by atoms with Crippen molar-refractivity contribution in [2.75, 3.05) is 0 Å². The number of pyridine rings is 3. The molecule has 8 heteroatoms. The van der Waals surface area contributed by atoms with Crippen molar-refractivity contribution >= 4 is 37.6 Å². The van der Waals surface area contributed by atoms with Gasteiger partial charge in [0.05, 0.1) is 28.5 Å². The van der Waals surface area contributed by atoms with Crippen LogP contribution in [0.2, 0.25) is 0 Å². The average Bonchev–Trinajstić information content (AvgIpc) is 2.98. The summed E-state index contributed by atoms with van der Waals surface area (Å²) in [4.78, 5) is 13.4. The first kappa shape index (κ1) is 29.2. The molecule has 0 saturated heterocycles. The molecular weight excluding hydrogens is 656 g/mol. The first-order valence-corrected chi connectivity index (χ1v) is 14.8. The molecule has 42 heavy (non-hydrogen) atoms. The fourth-order valence-corrected chi connectivity index (χ4v) is 5.52. The molecule has 6 nitrogen and oxygen atoms in total. The highest BCUT2D eigenvalue weighted by Crippen LogP contribution is 2.39. The van der Waals surface area contributed by atoms with E-state index in [1.54, 1.807) is 18.3 Å². The maximum Gasteiger partial charge on any atom is 0.141 e. The quantitative estimate of drug-likeness (QED) is 0.100. The largest absolute Gasteiger partial charge is 0.508 e. The molecule has 1 aliphatic heterocycles. The Morgan fingerprint density at radius 1 is 0.714 bits per heavy atom. The van der Waals surface area contributed by atoms with Gasteiger partial charge in [-0.3, -0.25) is 4.98 Å². The van der Waals surface area contributed by atoms with Crippen LogP contribution in [0.4, 0.5) is 0 Å². The summed E-state index contributed by atoms with van der Waals surface area (Å²) in [5, 5.41) is 23.7. The third kappa shape index (κ3) is 6.78. The van der Waals surface area contributed by atoms with E-state index in [4.69, 9.17) is 0 Å². The number of phenols is 2. The average molecular weight is 684 g/mol. The van der Waals surface area contributed by atoms with Crippen molar-refractivity contribution in [2.45, 2.75) is 18.3 Å². The van der Waals surface area contributed by atoms with Crippen molar-refractivity contribution in [3.05, 3.63) is 142 Å². The zero-order chi connectivity index (χ0) is 29.7. The van der Waals surface area contributed by atoms with Gasteiger partial charge in [0.2, 0.25) is 0 Å². The first-order chi connectivity index (χ1) is 20.2. The van der Waals surface area contributed by atoms with Gasteiger partial charge in [-0.15, -0.1) is 0 Å². The lowest BCUT2D eigenvalue weighted by Gasteiger charge is -2.31. The predicted octanol–water partition coefficient (Wildman–Crippen LogP) is 8.43. The van der Waals surface area contributed by atoms with Crippen molar-refractivity contribution in [3.8, 4) is 34.1 Å². The van der Waals surface area contributed by atoms with E-state index in [0.717, 1.165) is 55.3 Å². The normalized spacial score (nSPS) is 15.7. The van der Waals surface area contributed by atoms with Crippen molar-refractivity contribution in [1.82, 2.24) is 20.3 Å². The summed E-state index contributed by atoms with van der Waals surface area (Å²) in [6, 6.07) is 28.4. The minimum absolute atomic E-state index is 0.238. The number of nitrogens with zero attached hydrogens (tertiary/aromatic N) is 3. The van der Waals surface area contributed by atoms with Gasteiger partial charge in [-0.25, -0.2) is 9.97 Å². The number of dihydropyridines is 1. The van der Waals surface area contributed by atoms with Crippen LogP contribution in [-0.2, 0) is 4.45 Å². The molecule has 3 N–H and O–H groups in total. The molecule has 0 amide bonds. The lowest BCUT2D eigenvalue weighted by molar-refractivity contribution is 0.460. The zero-order valence-electron chi connectivity index (χ0n) is 23.0. The van der Waals surface area contributed by atoms with Crippen molar-refractivity contribution < 1.29 is 10.2 Å². The number of hydrogen-bond donors (Lipinski definition) is 3. The van der Waals surface area contributed by atoms with Crippen molar-refractivity contribution in [1.29, 1.82) is 0 Å². The van der Waals surface area contributed by atoms with E-state index in [2.05, 4.69) is 52.1 Å². The van der Waals surface area contributed by atoms with Crippen LogP contribution >= 0.6 is 31.9 Å². The van der Waals surface area contributed by atoms with Crippen LogP contribution in [0.1, 0.15) is 22.4 Å². The molecule has 0 aliphatic carbocycles. The second-order valence-corrected chi connectivity index (χ2v) is 11.8. The van der Waals surface area contributed by atoms with Gasteiger partial charge < -0.3 is 15.5 Å². The lowest BCUT2D eigenvalue weighted by atomic mass is 10.00. The number of nitrogens with one attached hydrogen (secondary N) is 1. The molecule has 0 saturated carbocycles. The van der Waals surface area contributed by atoms with E-state index >= 15 is 0 Å². The van der Waals surface area contributed by atoms with E-state index in [1.807, 2.05) is 111 Å². The minimum atomic E-state index is -0.646. The highest BCUT2D eigenvalue weighted by molar-refractivity contribution is 9.10. The van der Waals surface area contributed by atoms with Crippen molar-refractivity contribution in [2.24, 2.45) is 0 Å². The molecule has 1 atom stereocenters. The molecule has 5 aromatic rings. The summed E-state index contributed by atoms with van der Waals surface area (Å²) < 4.78 is 0.122. The van der Waals surface area contributed by atoms with Gasteiger partial charge in [0, 0.05) is 17.3 Å². The number of hydrogen-bond acceptors (Lipinski definition) is 6. The van der Waals surface area contributed by atoms with E-state index in [-0.39, 0.29) is 11.5 Å². The van der Waals surface area contributed by atoms with Gasteiger partial charge in [0.25, 0.3) is 0 Å². The molecule has 2 aromatic carbocycles. The van der Waals surface area contributed by atoms with Gasteiger partial charge in [-0.1, -0.05) is 58.4 Å². The molecule has 1 unspecified atom stereocenters. The van der Waals surface area contributed by atoms with Gasteiger partial charge >= 0.3 is 0 Å². The van der Waals surface area contributed by atoms with E-state index in [1.165, 1.54) is 0 Å². The highest BCUT2D eigenvalue weighted by Gasteiger charge is 2.31. The van der Waals surface area contributed by atoms with Gasteiger partial charge in [-0.05, 0) is 108 Å². The number of aromatic nitrogens is 3. The molecule has 210 valence electrons. The number of benzene rings is 2. The van der Waals surface area contributed by atoms with Crippen LogP contribution in [0.15, 0.2) is 120 Å². The molecule has 3 aromatic heterocycles. The van der Waals surface area contributed by atoms with E-state index in [0.29, 0.717) is 0 Å². The minimum Gasteiger partial charge on any atom is -0.508 e. The monoisotopic (exact) mass is 682 g/mol. The summed E-state index contributed by atoms with van der Waals surface area (Å²) in [7, 11) is 0. The third-order valence-electron chi connectivity index (χ3n) is 6.55. The molecule has 0 spiro atoms. The molecule has 1 aliphatic rings. The van der Waals surface area contributed by atoms with E-state index in [9.17, 15) is 10.2 Å². The Kier molecular flexibility index (Phi) is 8.85.